The number of hydrogen-bond donors (Lipinski definition) is 1. The molecule has 1 N–H and O–H groups in total. The van der Waals surface area contributed by atoms with Crippen LogP contribution in [0.3, 0.4) is 0 Å². The largest absolute Gasteiger partial charge is 0.487 e. The second-order valence-electron chi connectivity index (χ2n) is 7.23. The number of hydrogen-bond acceptors (Lipinski definition) is 8. The van der Waals surface area contributed by atoms with Crippen molar-refractivity contribution < 1.29 is 14.1 Å². The van der Waals surface area contributed by atoms with Crippen LogP contribution in [0.15, 0.2) is 51.7 Å². The van der Waals surface area contributed by atoms with Gasteiger partial charge in [-0.2, -0.15) is 4.98 Å². The van der Waals surface area contributed by atoms with Gasteiger partial charge in [-0.1, -0.05) is 17.6 Å². The van der Waals surface area contributed by atoms with Gasteiger partial charge in [-0.15, -0.1) is 22.7 Å². The number of nitrogens with one attached hydrogen (secondary N) is 1. The van der Waals surface area contributed by atoms with Crippen molar-refractivity contribution in [2.24, 2.45) is 0 Å². The molecule has 0 aliphatic rings. The van der Waals surface area contributed by atoms with Crippen LogP contribution in [0.1, 0.15) is 46.2 Å². The molecule has 4 rings (SSSR count). The third kappa shape index (κ3) is 6.24. The molecule has 0 radical (unpaired) electrons. The van der Waals surface area contributed by atoms with E-state index >= 15 is 0 Å². The van der Waals surface area contributed by atoms with Crippen molar-refractivity contribution >= 4 is 28.6 Å². The number of carbonyl (C=O) groups is 1. The number of benzene rings is 1. The van der Waals surface area contributed by atoms with Crippen LogP contribution in [0.25, 0.3) is 10.7 Å². The maximum absolute atomic E-state index is 12.3. The van der Waals surface area contributed by atoms with E-state index in [-0.39, 0.29) is 5.91 Å². The smallest absolute Gasteiger partial charge is 0.251 e. The molecular formula is C23H24N4O3S2. The third-order valence-corrected chi connectivity index (χ3v) is 6.42. The van der Waals surface area contributed by atoms with Crippen molar-refractivity contribution in [3.05, 3.63) is 69.3 Å². The first-order valence-corrected chi connectivity index (χ1v) is 12.2. The van der Waals surface area contributed by atoms with Crippen LogP contribution in [-0.4, -0.2) is 27.6 Å². The van der Waals surface area contributed by atoms with Gasteiger partial charge in [0.2, 0.25) is 11.7 Å². The number of amides is 1. The zero-order chi connectivity index (χ0) is 22.2. The summed E-state index contributed by atoms with van der Waals surface area (Å²) in [5.74, 6) is 1.95. The first-order chi connectivity index (χ1) is 15.7. The predicted octanol–water partition coefficient (Wildman–Crippen LogP) is 5.28. The minimum Gasteiger partial charge on any atom is -0.487 e. The molecule has 9 heteroatoms. The second kappa shape index (κ2) is 11.0. The summed E-state index contributed by atoms with van der Waals surface area (Å²) in [4.78, 5) is 22.1. The third-order valence-electron chi connectivity index (χ3n) is 4.73. The Kier molecular flexibility index (Phi) is 7.63. The molecule has 0 bridgehead atoms. The summed E-state index contributed by atoms with van der Waals surface area (Å²) in [6.45, 7) is 3.02. The quantitative estimate of drug-likeness (QED) is 0.301. The number of ether oxygens (including phenoxy) is 1. The number of thiazole rings is 1. The number of aromatic nitrogens is 3. The van der Waals surface area contributed by atoms with Gasteiger partial charge in [-0.25, -0.2) is 4.98 Å². The molecule has 0 fully saturated rings. The highest BCUT2D eigenvalue weighted by atomic mass is 32.1. The number of nitrogens with zero attached hydrogens (tertiary/aromatic N) is 3. The molecule has 166 valence electrons. The van der Waals surface area contributed by atoms with Crippen molar-refractivity contribution in [2.75, 3.05) is 6.54 Å². The van der Waals surface area contributed by atoms with E-state index in [4.69, 9.17) is 9.26 Å². The fourth-order valence-corrected chi connectivity index (χ4v) is 4.33. The van der Waals surface area contributed by atoms with E-state index in [0.717, 1.165) is 47.0 Å². The lowest BCUT2D eigenvalue weighted by Gasteiger charge is -2.07. The van der Waals surface area contributed by atoms with Crippen LogP contribution in [0, 0.1) is 6.92 Å². The van der Waals surface area contributed by atoms with Crippen LogP contribution >= 0.6 is 22.7 Å². The van der Waals surface area contributed by atoms with E-state index < -0.39 is 0 Å². The monoisotopic (exact) mass is 468 g/mol. The van der Waals surface area contributed by atoms with Crippen LogP contribution in [0.5, 0.6) is 5.75 Å². The standard InChI is InChI=1S/C23H24N4O3S2/c1-16-25-18(15-32-16)14-29-19-10-8-17(9-11-19)23(28)24-12-4-2-3-7-21-26-22(27-30-21)20-6-5-13-31-20/h5-6,8-11,13,15H,2-4,7,12,14H2,1H3,(H,24,28). The molecule has 1 amide bonds. The van der Waals surface area contributed by atoms with Gasteiger partial charge in [0.15, 0.2) is 0 Å². The van der Waals surface area contributed by atoms with Gasteiger partial charge in [0.1, 0.15) is 12.4 Å². The Balaban J connectivity index is 1.11. The average Bonchev–Trinajstić information content (AvgIpc) is 3.57. The number of unbranched alkanes of at least 4 members (excludes halogenated alkanes) is 2. The number of rotatable bonds is 11. The van der Waals surface area contributed by atoms with E-state index in [0.29, 0.717) is 30.4 Å². The highest BCUT2D eigenvalue weighted by Gasteiger charge is 2.09. The first kappa shape index (κ1) is 22.2. The SMILES string of the molecule is Cc1nc(COc2ccc(C(=O)NCCCCCc3nc(-c4cccs4)no3)cc2)cs1. The lowest BCUT2D eigenvalue weighted by molar-refractivity contribution is 0.0953. The summed E-state index contributed by atoms with van der Waals surface area (Å²) in [5.41, 5.74) is 1.53. The molecule has 3 heterocycles. The van der Waals surface area contributed by atoms with E-state index in [1.165, 1.54) is 0 Å². The van der Waals surface area contributed by atoms with Crippen LogP contribution in [0.4, 0.5) is 0 Å². The summed E-state index contributed by atoms with van der Waals surface area (Å²) in [6, 6.07) is 11.1. The predicted molar refractivity (Wildman–Crippen MR) is 125 cm³/mol. The second-order valence-corrected chi connectivity index (χ2v) is 9.24. The molecule has 32 heavy (non-hydrogen) atoms. The van der Waals surface area contributed by atoms with Gasteiger partial charge in [-0.3, -0.25) is 4.79 Å². The fourth-order valence-electron chi connectivity index (χ4n) is 3.08. The first-order valence-electron chi connectivity index (χ1n) is 10.5. The van der Waals surface area contributed by atoms with Crippen molar-refractivity contribution in [3.8, 4) is 16.5 Å². The van der Waals surface area contributed by atoms with E-state index in [1.54, 1.807) is 34.8 Å². The van der Waals surface area contributed by atoms with Crippen LogP contribution < -0.4 is 10.1 Å². The average molecular weight is 469 g/mol. The molecule has 0 saturated carbocycles. The lowest BCUT2D eigenvalue weighted by atomic mass is 10.1. The zero-order valence-corrected chi connectivity index (χ0v) is 19.4. The molecule has 1 aromatic carbocycles. The minimum atomic E-state index is -0.0795. The van der Waals surface area contributed by atoms with Crippen molar-refractivity contribution in [1.82, 2.24) is 20.4 Å². The van der Waals surface area contributed by atoms with E-state index in [1.807, 2.05) is 41.9 Å². The number of aryl methyl sites for hydroxylation is 2. The number of thiophene rings is 1. The summed E-state index contributed by atoms with van der Waals surface area (Å²) in [5, 5.41) is 12.0. The Bertz CT molecular complexity index is 1120. The molecular weight excluding hydrogens is 444 g/mol. The Morgan fingerprint density at radius 2 is 1.97 bits per heavy atom. The van der Waals surface area contributed by atoms with Gasteiger partial charge >= 0.3 is 0 Å². The Morgan fingerprint density at radius 3 is 2.72 bits per heavy atom. The van der Waals surface area contributed by atoms with Gasteiger partial charge in [-0.05, 0) is 55.5 Å². The molecule has 0 unspecified atom stereocenters. The Labute approximate surface area is 194 Å². The topological polar surface area (TPSA) is 90.1 Å². The molecule has 0 aliphatic heterocycles. The molecule has 0 saturated heterocycles. The zero-order valence-electron chi connectivity index (χ0n) is 17.7. The summed E-state index contributed by atoms with van der Waals surface area (Å²) >= 11 is 3.20. The minimum absolute atomic E-state index is 0.0795. The van der Waals surface area contributed by atoms with Crippen LogP contribution in [0.2, 0.25) is 0 Å². The lowest BCUT2D eigenvalue weighted by Crippen LogP contribution is -2.24. The van der Waals surface area contributed by atoms with E-state index in [9.17, 15) is 4.79 Å². The normalized spacial score (nSPS) is 10.9. The molecule has 0 aliphatic carbocycles. The van der Waals surface area contributed by atoms with Crippen LogP contribution in [-0.2, 0) is 13.0 Å². The molecule has 0 atom stereocenters. The van der Waals surface area contributed by atoms with Crippen molar-refractivity contribution in [2.45, 2.75) is 39.2 Å². The summed E-state index contributed by atoms with van der Waals surface area (Å²) in [7, 11) is 0. The Morgan fingerprint density at radius 1 is 1.09 bits per heavy atom. The Hall–Kier alpha value is -3.04. The fraction of sp³-hybridized carbons (Fsp3) is 0.304. The molecule has 7 nitrogen and oxygen atoms in total. The maximum atomic E-state index is 12.3. The maximum Gasteiger partial charge on any atom is 0.251 e. The molecule has 3 aromatic heterocycles. The van der Waals surface area contributed by atoms with Gasteiger partial charge in [0, 0.05) is 23.9 Å². The van der Waals surface area contributed by atoms with Gasteiger partial charge in [0.05, 0.1) is 15.6 Å². The van der Waals surface area contributed by atoms with E-state index in [2.05, 4.69) is 20.4 Å². The highest BCUT2D eigenvalue weighted by Crippen LogP contribution is 2.21. The summed E-state index contributed by atoms with van der Waals surface area (Å²) < 4.78 is 11.0. The number of carbonyl (C=O) groups excluding carboxylic acids is 1. The molecule has 0 spiro atoms. The van der Waals surface area contributed by atoms with Gasteiger partial charge in [0.25, 0.3) is 5.91 Å². The highest BCUT2D eigenvalue weighted by molar-refractivity contribution is 7.13. The molecule has 4 aromatic rings. The van der Waals surface area contributed by atoms with Crippen molar-refractivity contribution in [1.29, 1.82) is 0 Å². The van der Waals surface area contributed by atoms with Crippen molar-refractivity contribution in [3.63, 3.8) is 0 Å². The van der Waals surface area contributed by atoms with Gasteiger partial charge < -0.3 is 14.6 Å². The summed E-state index contributed by atoms with van der Waals surface area (Å²) in [6.07, 6.45) is 3.55.